The summed E-state index contributed by atoms with van der Waals surface area (Å²) in [5.74, 6) is -0.760. The second kappa shape index (κ2) is 12.2. The van der Waals surface area contributed by atoms with Gasteiger partial charge in [-0.3, -0.25) is 0 Å². The van der Waals surface area contributed by atoms with Crippen LogP contribution in [0.4, 0.5) is 0 Å². The molecule has 0 aliphatic carbocycles. The highest BCUT2D eigenvalue weighted by atomic mass is 32.2. The van der Waals surface area contributed by atoms with Crippen LogP contribution in [-0.2, 0) is 19.2 Å². The van der Waals surface area contributed by atoms with Crippen LogP contribution in [0.3, 0.4) is 0 Å². The predicted molar refractivity (Wildman–Crippen MR) is 94.8 cm³/mol. The van der Waals surface area contributed by atoms with Gasteiger partial charge in [0.05, 0.1) is 27.3 Å². The molecule has 25 heavy (non-hydrogen) atoms. The fraction of sp³-hybridized carbons (Fsp3) is 0.812. The number of hydrogen-bond donors (Lipinski definition) is 1. The van der Waals surface area contributed by atoms with E-state index in [-0.39, 0.29) is 12.4 Å². The fourth-order valence-electron chi connectivity index (χ4n) is 1.97. The van der Waals surface area contributed by atoms with Crippen LogP contribution in [-0.4, -0.2) is 64.5 Å². The van der Waals surface area contributed by atoms with E-state index in [4.69, 9.17) is 9.84 Å². The van der Waals surface area contributed by atoms with Gasteiger partial charge in [-0.2, -0.15) is 8.42 Å². The van der Waals surface area contributed by atoms with Gasteiger partial charge in [-0.25, -0.2) is 0 Å². The van der Waals surface area contributed by atoms with Gasteiger partial charge in [-0.1, -0.05) is 32.6 Å². The maximum absolute atomic E-state index is 10.4. The number of likely N-dealkylation sites (N-methyl/N-ethyl adjacent to an activating group) is 1. The van der Waals surface area contributed by atoms with Gasteiger partial charge >= 0.3 is 10.3 Å². The molecule has 0 bridgehead atoms. The van der Waals surface area contributed by atoms with Crippen LogP contribution < -0.4 is 5.11 Å². The van der Waals surface area contributed by atoms with Crippen molar-refractivity contribution in [2.45, 2.75) is 46.0 Å². The molecule has 0 saturated heterocycles. The Kier molecular flexibility index (Phi) is 11.7. The number of hydrogen-bond acceptors (Lipinski definition) is 6. The zero-order valence-corrected chi connectivity index (χ0v) is 16.5. The standard InChI is InChI=1S/C12H28NO2.C4H5NO4S/c1-4-5-6-7-8-11-15-12-13(2,3)9-10-14;1-3-2-4(6)5-10(7,8)9-3/h14H,4-12H2,1-3H3;2H,1H3,(H,5,6)/q+1;/p-1. The lowest BCUT2D eigenvalue weighted by Gasteiger charge is -2.28. The molecule has 9 heteroatoms. The van der Waals surface area contributed by atoms with E-state index in [1.807, 2.05) is 0 Å². The summed E-state index contributed by atoms with van der Waals surface area (Å²) >= 11 is 0. The van der Waals surface area contributed by atoms with E-state index in [1.54, 1.807) is 0 Å². The van der Waals surface area contributed by atoms with E-state index in [9.17, 15) is 13.5 Å². The van der Waals surface area contributed by atoms with Gasteiger partial charge in [0.15, 0.2) is 6.73 Å². The van der Waals surface area contributed by atoms with Crippen molar-refractivity contribution in [2.24, 2.45) is 4.40 Å². The Morgan fingerprint density at radius 2 is 1.92 bits per heavy atom. The van der Waals surface area contributed by atoms with Crippen molar-refractivity contribution < 1.29 is 32.0 Å². The molecule has 0 saturated carbocycles. The lowest BCUT2D eigenvalue weighted by Crippen LogP contribution is -2.43. The molecule has 0 atom stereocenters. The molecule has 0 spiro atoms. The topological polar surface area (TPSA) is 108 Å². The van der Waals surface area contributed by atoms with E-state index in [0.717, 1.165) is 23.7 Å². The Morgan fingerprint density at radius 3 is 2.44 bits per heavy atom. The number of unbranched alkanes of at least 4 members (excludes halogenated alkanes) is 4. The molecule has 0 aromatic heterocycles. The Morgan fingerprint density at radius 1 is 1.28 bits per heavy atom. The summed E-state index contributed by atoms with van der Waals surface area (Å²) in [6.45, 7) is 6.14. The summed E-state index contributed by atoms with van der Waals surface area (Å²) in [6, 6.07) is 0. The first-order valence-electron chi connectivity index (χ1n) is 8.52. The molecule has 0 aromatic carbocycles. The van der Waals surface area contributed by atoms with Crippen LogP contribution in [0, 0.1) is 0 Å². The third-order valence-electron chi connectivity index (χ3n) is 3.30. The summed E-state index contributed by atoms with van der Waals surface area (Å²) in [6.07, 6.45) is 7.41. The molecule has 1 aliphatic heterocycles. The highest BCUT2D eigenvalue weighted by Gasteiger charge is 2.13. The third-order valence-corrected chi connectivity index (χ3v) is 4.18. The second-order valence-electron chi connectivity index (χ2n) is 6.53. The lowest BCUT2D eigenvalue weighted by atomic mass is 10.2. The van der Waals surface area contributed by atoms with Crippen molar-refractivity contribution in [1.29, 1.82) is 0 Å². The number of aliphatic hydroxyl groups excluding tert-OH is 1. The summed E-state index contributed by atoms with van der Waals surface area (Å²) in [5.41, 5.74) is 0. The Hall–Kier alpha value is -1.16. The largest absolute Gasteiger partial charge is 0.858 e. The molecular weight excluding hydrogens is 348 g/mol. The maximum Gasteiger partial charge on any atom is 0.427 e. The van der Waals surface area contributed by atoms with Crippen molar-refractivity contribution in [3.8, 4) is 0 Å². The number of quaternary nitrogens is 1. The lowest BCUT2D eigenvalue weighted by molar-refractivity contribution is -0.910. The Labute approximate surface area is 151 Å². The zero-order chi connectivity index (χ0) is 19.3. The average molecular weight is 381 g/mol. The van der Waals surface area contributed by atoms with Gasteiger partial charge in [0.1, 0.15) is 12.3 Å². The van der Waals surface area contributed by atoms with Crippen molar-refractivity contribution in [1.82, 2.24) is 0 Å². The quantitative estimate of drug-likeness (QED) is 0.343. The minimum atomic E-state index is -3.97. The summed E-state index contributed by atoms with van der Waals surface area (Å²) in [5, 5.41) is 19.2. The van der Waals surface area contributed by atoms with E-state index in [2.05, 4.69) is 29.6 Å². The van der Waals surface area contributed by atoms with E-state index in [1.165, 1.54) is 39.0 Å². The zero-order valence-electron chi connectivity index (χ0n) is 15.7. The first-order valence-corrected chi connectivity index (χ1v) is 9.88. The number of ether oxygens (including phenoxy) is 1. The molecule has 1 heterocycles. The minimum Gasteiger partial charge on any atom is -0.858 e. The Bertz CT molecular complexity index is 529. The second-order valence-corrected chi connectivity index (χ2v) is 7.73. The van der Waals surface area contributed by atoms with Crippen LogP contribution in [0.5, 0.6) is 0 Å². The number of allylic oxidation sites excluding steroid dienone is 1. The molecule has 0 aromatic rings. The van der Waals surface area contributed by atoms with E-state index in [0.29, 0.717) is 6.73 Å². The SMILES string of the molecule is CC1=CC([O-])=NS(=O)(=O)O1.CCCCCCCOC[N+](C)(C)CCO. The first-order chi connectivity index (χ1) is 11.6. The van der Waals surface area contributed by atoms with Gasteiger partial charge in [0, 0.05) is 5.90 Å². The average Bonchev–Trinajstić information content (AvgIpc) is 2.44. The molecule has 1 rings (SSSR count). The van der Waals surface area contributed by atoms with E-state index >= 15 is 0 Å². The fourth-order valence-corrected chi connectivity index (χ4v) is 2.66. The van der Waals surface area contributed by atoms with Crippen LogP contribution in [0.2, 0.25) is 0 Å². The molecule has 0 amide bonds. The van der Waals surface area contributed by atoms with Crippen molar-refractivity contribution in [2.75, 3.05) is 40.6 Å². The molecule has 0 radical (unpaired) electrons. The van der Waals surface area contributed by atoms with Gasteiger partial charge in [0.2, 0.25) is 0 Å². The molecule has 1 aliphatic rings. The molecule has 0 unspecified atom stereocenters. The van der Waals surface area contributed by atoms with Crippen LogP contribution >= 0.6 is 0 Å². The van der Waals surface area contributed by atoms with Crippen LogP contribution in [0.1, 0.15) is 46.0 Å². The van der Waals surface area contributed by atoms with Crippen molar-refractivity contribution in [3.63, 3.8) is 0 Å². The van der Waals surface area contributed by atoms with Gasteiger partial charge in [-0.05, 0) is 19.4 Å². The normalized spacial score (nSPS) is 16.2. The van der Waals surface area contributed by atoms with Crippen molar-refractivity contribution in [3.05, 3.63) is 11.8 Å². The minimum absolute atomic E-state index is 0.0417. The summed E-state index contributed by atoms with van der Waals surface area (Å²) in [7, 11) is 0.179. The molecule has 148 valence electrons. The monoisotopic (exact) mass is 380 g/mol. The smallest absolute Gasteiger partial charge is 0.427 e. The van der Waals surface area contributed by atoms with E-state index < -0.39 is 16.2 Å². The predicted octanol–water partition coefficient (Wildman–Crippen LogP) is 0.924. The van der Waals surface area contributed by atoms with Gasteiger partial charge in [-0.15, -0.1) is 4.40 Å². The summed E-state index contributed by atoms with van der Waals surface area (Å²) < 4.78 is 34.1. The highest BCUT2D eigenvalue weighted by Crippen LogP contribution is 2.09. The van der Waals surface area contributed by atoms with Crippen LogP contribution in [0.15, 0.2) is 16.2 Å². The number of aliphatic hydroxyl groups is 1. The molecule has 0 fully saturated rings. The third kappa shape index (κ3) is 13.8. The van der Waals surface area contributed by atoms with Gasteiger partial charge < -0.3 is 23.6 Å². The summed E-state index contributed by atoms with van der Waals surface area (Å²) in [4.78, 5) is 0. The molecule has 1 N–H and O–H groups in total. The molecular formula is C16H32N2O6S. The van der Waals surface area contributed by atoms with Crippen molar-refractivity contribution >= 4 is 16.2 Å². The van der Waals surface area contributed by atoms with Crippen LogP contribution in [0.25, 0.3) is 0 Å². The van der Waals surface area contributed by atoms with Gasteiger partial charge in [0.25, 0.3) is 0 Å². The number of rotatable bonds is 10. The highest BCUT2D eigenvalue weighted by molar-refractivity contribution is 7.85. The molecule has 8 nitrogen and oxygen atoms in total. The first kappa shape index (κ1) is 23.8. The Balaban J connectivity index is 0.000000496. The maximum atomic E-state index is 10.4. The number of nitrogens with zero attached hydrogens (tertiary/aromatic N) is 2.